The molecular weight excluding hydrogens is 242 g/mol. The molecule has 0 amide bonds. The highest BCUT2D eigenvalue weighted by atomic mass is 32.1. The van der Waals surface area contributed by atoms with Gasteiger partial charge in [-0.1, -0.05) is 0 Å². The van der Waals surface area contributed by atoms with E-state index in [2.05, 4.69) is 31.0 Å². The normalized spacial score (nSPS) is 35.3. The Bertz CT molecular complexity index is 402. The van der Waals surface area contributed by atoms with Crippen molar-refractivity contribution in [1.29, 1.82) is 0 Å². The van der Waals surface area contributed by atoms with Crippen LogP contribution in [0.2, 0.25) is 0 Å². The molecule has 1 heterocycles. The summed E-state index contributed by atoms with van der Waals surface area (Å²) in [6.07, 6.45) is 4.68. The number of fused-ring (bicyclic) bond motifs is 1. The molecule has 3 heteroatoms. The first-order valence-corrected chi connectivity index (χ1v) is 7.87. The van der Waals surface area contributed by atoms with E-state index in [0.717, 1.165) is 37.3 Å². The Morgan fingerprint density at radius 3 is 2.44 bits per heavy atom. The third kappa shape index (κ3) is 2.49. The minimum absolute atomic E-state index is 0.00815. The Morgan fingerprint density at radius 2 is 1.89 bits per heavy atom. The predicted molar refractivity (Wildman–Crippen MR) is 75.8 cm³/mol. The number of nitrogens with zero attached hydrogens (tertiary/aromatic N) is 1. The maximum absolute atomic E-state index is 9.69. The molecule has 100 valence electrons. The number of hydrogen-bond acceptors (Lipinski definition) is 3. The van der Waals surface area contributed by atoms with Crippen LogP contribution < -0.4 is 0 Å². The first-order chi connectivity index (χ1) is 8.61. The van der Waals surface area contributed by atoms with E-state index < -0.39 is 0 Å². The van der Waals surface area contributed by atoms with Crippen LogP contribution in [-0.4, -0.2) is 29.2 Å². The van der Waals surface area contributed by atoms with Crippen molar-refractivity contribution in [3.05, 3.63) is 21.9 Å². The lowest BCUT2D eigenvalue weighted by molar-refractivity contribution is 0.158. The zero-order valence-corrected chi connectivity index (χ0v) is 12.1. The SMILES string of the molecule is Cc1ccc(CN(C)C2C[C@H]3CC(O)C[C@H]3C2)s1. The summed E-state index contributed by atoms with van der Waals surface area (Å²) in [5.74, 6) is 1.58. The molecule has 0 bridgehead atoms. The van der Waals surface area contributed by atoms with Gasteiger partial charge in [0.2, 0.25) is 0 Å². The van der Waals surface area contributed by atoms with Crippen LogP contribution in [0.4, 0.5) is 0 Å². The van der Waals surface area contributed by atoms with E-state index in [0.29, 0.717) is 0 Å². The van der Waals surface area contributed by atoms with Crippen molar-refractivity contribution in [2.24, 2.45) is 11.8 Å². The van der Waals surface area contributed by atoms with Crippen LogP contribution in [0.25, 0.3) is 0 Å². The average molecular weight is 265 g/mol. The molecule has 0 saturated heterocycles. The molecule has 2 unspecified atom stereocenters. The van der Waals surface area contributed by atoms with Crippen LogP contribution >= 0.6 is 11.3 Å². The van der Waals surface area contributed by atoms with Gasteiger partial charge in [0, 0.05) is 22.3 Å². The lowest BCUT2D eigenvalue weighted by Gasteiger charge is -2.24. The molecule has 2 aliphatic rings. The number of aryl methyl sites for hydroxylation is 1. The Labute approximate surface area is 114 Å². The molecule has 0 aromatic carbocycles. The lowest BCUT2D eigenvalue weighted by atomic mass is 10.0. The molecule has 4 atom stereocenters. The van der Waals surface area contributed by atoms with Gasteiger partial charge in [0.1, 0.15) is 0 Å². The smallest absolute Gasteiger partial charge is 0.0545 e. The topological polar surface area (TPSA) is 23.5 Å². The Balaban J connectivity index is 1.57. The number of rotatable bonds is 3. The summed E-state index contributed by atoms with van der Waals surface area (Å²) in [5, 5.41) is 9.69. The van der Waals surface area contributed by atoms with Crippen LogP contribution in [0.3, 0.4) is 0 Å². The van der Waals surface area contributed by atoms with Gasteiger partial charge in [0.15, 0.2) is 0 Å². The third-order valence-electron chi connectivity index (χ3n) is 4.79. The quantitative estimate of drug-likeness (QED) is 0.908. The van der Waals surface area contributed by atoms with E-state index >= 15 is 0 Å². The highest BCUT2D eigenvalue weighted by Crippen LogP contribution is 2.45. The molecule has 1 aromatic rings. The molecule has 2 nitrogen and oxygen atoms in total. The number of aliphatic hydroxyl groups excluding tert-OH is 1. The summed E-state index contributed by atoms with van der Waals surface area (Å²) in [5.41, 5.74) is 0. The second kappa shape index (κ2) is 4.95. The molecule has 18 heavy (non-hydrogen) atoms. The molecular formula is C15H23NOS. The van der Waals surface area contributed by atoms with Gasteiger partial charge in [0.25, 0.3) is 0 Å². The van der Waals surface area contributed by atoms with Gasteiger partial charge < -0.3 is 5.11 Å². The van der Waals surface area contributed by atoms with Crippen molar-refractivity contribution in [1.82, 2.24) is 4.90 Å². The molecule has 0 radical (unpaired) electrons. The van der Waals surface area contributed by atoms with Crippen molar-refractivity contribution in [2.45, 2.75) is 51.3 Å². The molecule has 2 aliphatic carbocycles. The number of thiophene rings is 1. The van der Waals surface area contributed by atoms with Crippen molar-refractivity contribution < 1.29 is 5.11 Å². The fourth-order valence-corrected chi connectivity index (χ4v) is 4.81. The minimum Gasteiger partial charge on any atom is -0.393 e. The van der Waals surface area contributed by atoms with Crippen molar-refractivity contribution in [3.63, 3.8) is 0 Å². The fourth-order valence-electron chi connectivity index (χ4n) is 3.86. The van der Waals surface area contributed by atoms with E-state index in [1.807, 2.05) is 11.3 Å². The molecule has 2 fully saturated rings. The number of aliphatic hydroxyl groups is 1. The molecule has 0 spiro atoms. The van der Waals surface area contributed by atoms with E-state index in [4.69, 9.17) is 0 Å². The maximum atomic E-state index is 9.69. The largest absolute Gasteiger partial charge is 0.393 e. The van der Waals surface area contributed by atoms with Gasteiger partial charge >= 0.3 is 0 Å². The van der Waals surface area contributed by atoms with Crippen molar-refractivity contribution >= 4 is 11.3 Å². The van der Waals surface area contributed by atoms with Gasteiger partial charge in [0.05, 0.1) is 6.10 Å². The van der Waals surface area contributed by atoms with E-state index in [-0.39, 0.29) is 6.10 Å². The monoisotopic (exact) mass is 265 g/mol. The zero-order valence-electron chi connectivity index (χ0n) is 11.3. The highest BCUT2D eigenvalue weighted by Gasteiger charge is 2.42. The summed E-state index contributed by atoms with van der Waals surface area (Å²) < 4.78 is 0. The minimum atomic E-state index is -0.00815. The fraction of sp³-hybridized carbons (Fsp3) is 0.733. The Morgan fingerprint density at radius 1 is 1.22 bits per heavy atom. The Kier molecular flexibility index (Phi) is 3.48. The lowest BCUT2D eigenvalue weighted by Crippen LogP contribution is -2.29. The van der Waals surface area contributed by atoms with Gasteiger partial charge in [-0.25, -0.2) is 0 Å². The van der Waals surface area contributed by atoms with E-state index in [1.165, 1.54) is 22.6 Å². The zero-order chi connectivity index (χ0) is 12.7. The molecule has 0 aliphatic heterocycles. The predicted octanol–water partition coefficient (Wildman–Crippen LogP) is 3.04. The van der Waals surface area contributed by atoms with Crippen molar-refractivity contribution in [3.8, 4) is 0 Å². The van der Waals surface area contributed by atoms with Crippen LogP contribution in [0.5, 0.6) is 0 Å². The molecule has 3 rings (SSSR count). The van der Waals surface area contributed by atoms with Gasteiger partial charge in [-0.3, -0.25) is 4.90 Å². The molecule has 1 aromatic heterocycles. The first-order valence-electron chi connectivity index (χ1n) is 7.05. The summed E-state index contributed by atoms with van der Waals surface area (Å²) in [6, 6.07) is 5.21. The maximum Gasteiger partial charge on any atom is 0.0545 e. The van der Waals surface area contributed by atoms with E-state index in [1.54, 1.807) is 0 Å². The summed E-state index contributed by atoms with van der Waals surface area (Å²) >= 11 is 1.91. The second-order valence-electron chi connectivity index (χ2n) is 6.20. The standard InChI is InChI=1S/C15H23NOS/c1-10-3-4-15(18-10)9-16(2)13-5-11-7-14(17)8-12(11)6-13/h3-4,11-14,17H,5-9H2,1-2H3/t11-,12+,13?,14?. The second-order valence-corrected chi connectivity index (χ2v) is 7.57. The summed E-state index contributed by atoms with van der Waals surface area (Å²) in [6.45, 7) is 3.26. The van der Waals surface area contributed by atoms with Crippen LogP contribution in [0, 0.1) is 18.8 Å². The van der Waals surface area contributed by atoms with E-state index in [9.17, 15) is 5.11 Å². The summed E-state index contributed by atoms with van der Waals surface area (Å²) in [4.78, 5) is 5.41. The molecule has 1 N–H and O–H groups in total. The number of hydrogen-bond donors (Lipinski definition) is 1. The van der Waals surface area contributed by atoms with Crippen LogP contribution in [0.1, 0.15) is 35.4 Å². The van der Waals surface area contributed by atoms with Gasteiger partial charge in [-0.15, -0.1) is 11.3 Å². The van der Waals surface area contributed by atoms with Crippen LogP contribution in [-0.2, 0) is 6.54 Å². The summed E-state index contributed by atoms with van der Waals surface area (Å²) in [7, 11) is 2.26. The average Bonchev–Trinajstić information content (AvgIpc) is 2.92. The van der Waals surface area contributed by atoms with Crippen LogP contribution in [0.15, 0.2) is 12.1 Å². The molecule has 2 saturated carbocycles. The highest BCUT2D eigenvalue weighted by molar-refractivity contribution is 7.11. The third-order valence-corrected chi connectivity index (χ3v) is 5.78. The van der Waals surface area contributed by atoms with Crippen molar-refractivity contribution in [2.75, 3.05) is 7.05 Å². The van der Waals surface area contributed by atoms with Gasteiger partial charge in [-0.05, 0) is 63.6 Å². The first kappa shape index (κ1) is 12.6. The van der Waals surface area contributed by atoms with Gasteiger partial charge in [-0.2, -0.15) is 0 Å². The Hall–Kier alpha value is -0.380.